The number of rotatable bonds is 9. The van der Waals surface area contributed by atoms with E-state index in [1.54, 1.807) is 60.7 Å². The van der Waals surface area contributed by atoms with Crippen molar-refractivity contribution in [3.05, 3.63) is 103 Å². The normalized spacial score (nSPS) is 15.2. The molecular weight excluding hydrogens is 656 g/mol. The summed E-state index contributed by atoms with van der Waals surface area (Å²) in [6.45, 7) is 0. The van der Waals surface area contributed by atoms with Gasteiger partial charge in [0.1, 0.15) is 16.3 Å². The lowest BCUT2D eigenvalue weighted by Gasteiger charge is -2.11. The fourth-order valence-corrected chi connectivity index (χ4v) is 5.33. The van der Waals surface area contributed by atoms with Crippen molar-refractivity contribution in [1.82, 2.24) is 0 Å². The summed E-state index contributed by atoms with van der Waals surface area (Å²) in [4.78, 5) is 23.9. The van der Waals surface area contributed by atoms with E-state index in [4.69, 9.17) is 0 Å². The average molecular weight is 679 g/mol. The number of carboxylic acids is 1. The molecule has 1 unspecified atom stereocenters. The van der Waals surface area contributed by atoms with Crippen LogP contribution in [0.25, 0.3) is 10.8 Å². The quantitative estimate of drug-likeness (QED) is 0.0910. The lowest BCUT2D eigenvalue weighted by atomic mass is 10.1. The molecule has 16 nitrogen and oxygen atoms in total. The predicted octanol–water partition coefficient (Wildman–Crippen LogP) is 7.27. The second-order valence-corrected chi connectivity index (χ2v) is 11.6. The molecule has 5 aromatic rings. The summed E-state index contributed by atoms with van der Waals surface area (Å²) in [5.41, 5.74) is 0.0972. The van der Waals surface area contributed by atoms with Crippen molar-refractivity contribution in [3.63, 3.8) is 0 Å². The van der Waals surface area contributed by atoms with E-state index in [9.17, 15) is 37.9 Å². The Kier molecular flexibility index (Phi) is 8.67. The number of carbonyl (C=O) groups excluding carboxylic acids is 1. The molecule has 0 aliphatic carbocycles. The van der Waals surface area contributed by atoms with Crippen LogP contribution in [0.4, 0.5) is 34.1 Å². The van der Waals surface area contributed by atoms with Gasteiger partial charge in [-0.3, -0.25) is 9.35 Å². The Balaban J connectivity index is 1.24. The Labute approximate surface area is 276 Å². The zero-order valence-corrected chi connectivity index (χ0v) is 25.6. The zero-order valence-electron chi connectivity index (χ0n) is 24.8. The van der Waals surface area contributed by atoms with Gasteiger partial charge in [0.25, 0.3) is 16.0 Å². The van der Waals surface area contributed by atoms with Crippen molar-refractivity contribution in [2.75, 3.05) is 5.01 Å². The van der Waals surface area contributed by atoms with Gasteiger partial charge in [0, 0.05) is 0 Å². The highest BCUT2D eigenvalue weighted by atomic mass is 32.2. The molecule has 1 aliphatic heterocycles. The largest absolute Gasteiger partial charge is 0.505 e. The molecule has 0 fully saturated rings. The predicted molar refractivity (Wildman–Crippen MR) is 176 cm³/mol. The second kappa shape index (κ2) is 13.2. The van der Waals surface area contributed by atoms with Crippen molar-refractivity contribution in [1.29, 1.82) is 0 Å². The molecule has 1 aliphatic rings. The summed E-state index contributed by atoms with van der Waals surface area (Å²) in [5, 5.41) is 60.1. The first-order valence-electron chi connectivity index (χ1n) is 14.1. The number of aromatic hydroxyl groups is 2. The third kappa shape index (κ3) is 6.73. The number of fused-ring (bicyclic) bond motifs is 1. The van der Waals surface area contributed by atoms with E-state index >= 15 is 0 Å². The minimum absolute atomic E-state index is 0.0543. The van der Waals surface area contributed by atoms with Crippen molar-refractivity contribution in [3.8, 4) is 11.5 Å². The van der Waals surface area contributed by atoms with Crippen molar-refractivity contribution < 1.29 is 37.9 Å². The van der Waals surface area contributed by atoms with E-state index in [1.807, 2.05) is 0 Å². The van der Waals surface area contributed by atoms with Gasteiger partial charge in [0.05, 0.1) is 28.1 Å². The fraction of sp³-hybridized carbons (Fsp3) is 0.0312. The van der Waals surface area contributed by atoms with E-state index in [2.05, 4.69) is 35.8 Å². The Morgan fingerprint density at radius 2 is 1.33 bits per heavy atom. The van der Waals surface area contributed by atoms with Gasteiger partial charge >= 0.3 is 5.97 Å². The Morgan fingerprint density at radius 1 is 0.735 bits per heavy atom. The standard InChI is InChI=1S/C32H22N8O8S/c41-29-23(16-11-18-17-24(49(46,47)48)26(30(42)25(18)29)37-34-19-7-3-1-4-8-19)36-33-20-12-14-21(15-13-20)35-38-27-28(32(44)45)39-40(31(27)43)22-9-5-2-6-10-22/h1-17,27,41-42H,(H,44,45)(H,46,47,48). The first kappa shape index (κ1) is 32.2. The van der Waals surface area contributed by atoms with Crippen LogP contribution in [0.15, 0.2) is 144 Å². The van der Waals surface area contributed by atoms with E-state index in [0.717, 1.165) is 11.1 Å². The molecule has 0 bridgehead atoms. The maximum atomic E-state index is 12.9. The van der Waals surface area contributed by atoms with Crippen molar-refractivity contribution in [2.24, 2.45) is 35.8 Å². The molecule has 0 saturated carbocycles. The van der Waals surface area contributed by atoms with Crippen LogP contribution in [-0.2, 0) is 19.7 Å². The van der Waals surface area contributed by atoms with Crippen molar-refractivity contribution in [2.45, 2.75) is 10.9 Å². The highest BCUT2D eigenvalue weighted by Gasteiger charge is 2.41. The first-order valence-corrected chi connectivity index (χ1v) is 15.5. The maximum Gasteiger partial charge on any atom is 0.355 e. The zero-order chi connectivity index (χ0) is 34.7. The Bertz CT molecular complexity index is 2330. The minimum atomic E-state index is -4.86. The number of nitrogens with zero attached hydrogens (tertiary/aromatic N) is 8. The summed E-state index contributed by atoms with van der Waals surface area (Å²) in [6.07, 6.45) is 0. The van der Waals surface area contributed by atoms with Gasteiger partial charge in [0.15, 0.2) is 17.2 Å². The van der Waals surface area contributed by atoms with Gasteiger partial charge in [-0.2, -0.15) is 39.0 Å². The molecule has 1 atom stereocenters. The highest BCUT2D eigenvalue weighted by molar-refractivity contribution is 7.86. The third-order valence-electron chi connectivity index (χ3n) is 7.01. The molecule has 0 radical (unpaired) electrons. The van der Waals surface area contributed by atoms with Gasteiger partial charge in [-0.15, -0.1) is 10.2 Å². The summed E-state index contributed by atoms with van der Waals surface area (Å²) in [6, 6.07) is 24.7. The van der Waals surface area contributed by atoms with E-state index < -0.39 is 55.8 Å². The molecule has 0 spiro atoms. The number of anilines is 1. The van der Waals surface area contributed by atoms with Gasteiger partial charge < -0.3 is 15.3 Å². The summed E-state index contributed by atoms with van der Waals surface area (Å²) in [7, 11) is -4.86. The number of aliphatic carboxylic acids is 1. The molecule has 49 heavy (non-hydrogen) atoms. The van der Waals surface area contributed by atoms with E-state index in [0.29, 0.717) is 17.1 Å². The van der Waals surface area contributed by atoms with Crippen LogP contribution in [0.5, 0.6) is 11.5 Å². The number of azo groups is 3. The fourth-order valence-electron chi connectivity index (χ4n) is 4.67. The third-order valence-corrected chi connectivity index (χ3v) is 7.88. The number of phenols is 2. The molecule has 1 heterocycles. The van der Waals surface area contributed by atoms with Crippen molar-refractivity contribution >= 4 is 72.6 Å². The first-order chi connectivity index (χ1) is 23.5. The van der Waals surface area contributed by atoms with Gasteiger partial charge in [0.2, 0.25) is 6.04 Å². The van der Waals surface area contributed by atoms with Crippen LogP contribution in [0.2, 0.25) is 0 Å². The molecule has 1 amide bonds. The summed E-state index contributed by atoms with van der Waals surface area (Å²) < 4.78 is 34.0. The van der Waals surface area contributed by atoms with E-state index in [-0.39, 0.29) is 22.1 Å². The topological polar surface area (TPSA) is 239 Å². The van der Waals surface area contributed by atoms with Gasteiger partial charge in [-0.25, -0.2) is 4.79 Å². The number of phenolic OH excluding ortho intramolecular Hbond substituents is 2. The molecule has 6 rings (SSSR count). The van der Waals surface area contributed by atoms with Crippen LogP contribution in [0.3, 0.4) is 0 Å². The average Bonchev–Trinajstić information content (AvgIpc) is 3.43. The minimum Gasteiger partial charge on any atom is -0.505 e. The molecule has 0 saturated heterocycles. The number of hydrogen-bond donors (Lipinski definition) is 4. The number of para-hydroxylation sites is 1. The number of benzene rings is 5. The van der Waals surface area contributed by atoms with Gasteiger partial charge in [-0.05, 0) is 66.0 Å². The molecule has 0 aromatic heterocycles. The Hall–Kier alpha value is -6.72. The smallest absolute Gasteiger partial charge is 0.355 e. The number of amides is 1. The molecule has 17 heteroatoms. The molecule has 4 N–H and O–H groups in total. The molecule has 244 valence electrons. The summed E-state index contributed by atoms with van der Waals surface area (Å²) in [5.74, 6) is -3.41. The lowest BCUT2D eigenvalue weighted by Crippen LogP contribution is -2.32. The van der Waals surface area contributed by atoms with Crippen LogP contribution in [0, 0.1) is 0 Å². The molecule has 5 aromatic carbocycles. The number of hydrazone groups is 1. The van der Waals surface area contributed by atoms with Crippen LogP contribution in [0.1, 0.15) is 0 Å². The number of hydrogen-bond acceptors (Lipinski definition) is 13. The second-order valence-electron chi connectivity index (χ2n) is 10.2. The van der Waals surface area contributed by atoms with Crippen LogP contribution >= 0.6 is 0 Å². The maximum absolute atomic E-state index is 12.9. The van der Waals surface area contributed by atoms with E-state index in [1.165, 1.54) is 36.4 Å². The van der Waals surface area contributed by atoms with Gasteiger partial charge in [-0.1, -0.05) is 42.5 Å². The molecular formula is C32H22N8O8S. The summed E-state index contributed by atoms with van der Waals surface area (Å²) >= 11 is 0. The number of carbonyl (C=O) groups is 2. The highest BCUT2D eigenvalue weighted by Crippen LogP contribution is 2.47. The SMILES string of the molecule is O=C(O)C1=NN(c2ccccc2)C(=O)C1N=Nc1ccc(N=Nc2ccc3cc(S(=O)(=O)O)c(N=Nc4ccccc4)c(O)c3c2O)cc1. The number of carboxylic acid groups (broad SMARTS) is 1. The van der Waals surface area contributed by atoms with Crippen LogP contribution in [-0.4, -0.2) is 51.9 Å². The Morgan fingerprint density at radius 3 is 1.96 bits per heavy atom. The lowest BCUT2D eigenvalue weighted by molar-refractivity contribution is -0.130. The monoisotopic (exact) mass is 678 g/mol. The van der Waals surface area contributed by atoms with Crippen LogP contribution < -0.4 is 5.01 Å².